The first-order valence-corrected chi connectivity index (χ1v) is 2.13. The molecule has 1 heteroatoms. The van der Waals surface area contributed by atoms with Gasteiger partial charge < -0.3 is 0 Å². The first kappa shape index (κ1) is 7.73. The standard InChI is InChI=1S/C6H7.Er/c1-6-4-2-3-5-6;/h2,4H,3H2,1H3;/q-1;. The second-order valence-corrected chi connectivity index (χ2v) is 1.47. The fourth-order valence-corrected chi connectivity index (χ4v) is 0.515. The van der Waals surface area contributed by atoms with Crippen LogP contribution in [0.2, 0.25) is 0 Å². The van der Waals surface area contributed by atoms with Gasteiger partial charge in [-0.25, -0.2) is 11.6 Å². The molecule has 0 spiro atoms. The van der Waals surface area contributed by atoms with Gasteiger partial charge in [0.1, 0.15) is 0 Å². The van der Waals surface area contributed by atoms with Crippen LogP contribution in [0.1, 0.15) is 13.3 Å². The molecule has 1 aliphatic carbocycles. The number of allylic oxidation sites excluding steroid dienone is 4. The zero-order valence-corrected chi connectivity index (χ0v) is 6.00. The van der Waals surface area contributed by atoms with Gasteiger partial charge in [0, 0.05) is 37.3 Å². The van der Waals surface area contributed by atoms with Gasteiger partial charge in [0.05, 0.1) is 0 Å². The van der Waals surface area contributed by atoms with Crippen LogP contribution in [0.3, 0.4) is 0 Å². The summed E-state index contributed by atoms with van der Waals surface area (Å²) >= 11 is 0. The van der Waals surface area contributed by atoms with E-state index in [0.717, 1.165) is 6.42 Å². The van der Waals surface area contributed by atoms with Gasteiger partial charge in [-0.15, -0.1) is 6.42 Å². The van der Waals surface area contributed by atoms with Crippen molar-refractivity contribution in [2.24, 2.45) is 0 Å². The maximum atomic E-state index is 3.12. The van der Waals surface area contributed by atoms with Gasteiger partial charge in [0.2, 0.25) is 0 Å². The molecule has 1 aliphatic rings. The van der Waals surface area contributed by atoms with Gasteiger partial charge in [-0.2, -0.15) is 6.08 Å². The minimum absolute atomic E-state index is 0. The Labute approximate surface area is 73.9 Å². The zero-order chi connectivity index (χ0) is 4.41. The molecule has 0 aliphatic heterocycles. The average Bonchev–Trinajstić information content (AvgIpc) is 1.86. The van der Waals surface area contributed by atoms with Crippen LogP contribution in [-0.4, -0.2) is 0 Å². The Morgan fingerprint density at radius 2 is 2.43 bits per heavy atom. The van der Waals surface area contributed by atoms with E-state index in [9.17, 15) is 0 Å². The summed E-state index contributed by atoms with van der Waals surface area (Å²) in [6.45, 7) is 2.06. The Morgan fingerprint density at radius 1 is 1.71 bits per heavy atom. The molecule has 0 fully saturated rings. The molecule has 0 heterocycles. The predicted octanol–water partition coefficient (Wildman–Crippen LogP) is 1.70. The first-order valence-electron chi connectivity index (χ1n) is 2.13. The molecule has 0 aromatic carbocycles. The van der Waals surface area contributed by atoms with Crippen molar-refractivity contribution in [3.8, 4) is 0 Å². The van der Waals surface area contributed by atoms with Crippen LogP contribution in [0, 0.1) is 43.4 Å². The Balaban J connectivity index is 0.000000360. The molecule has 0 radical (unpaired) electrons. The molecule has 0 amide bonds. The second kappa shape index (κ2) is 3.70. The summed E-state index contributed by atoms with van der Waals surface area (Å²) in [4.78, 5) is 0. The van der Waals surface area contributed by atoms with Crippen molar-refractivity contribution in [3.63, 3.8) is 0 Å². The number of hydrogen-bond donors (Lipinski definition) is 0. The summed E-state index contributed by atoms with van der Waals surface area (Å²) in [5, 5.41) is 0. The van der Waals surface area contributed by atoms with Crippen LogP contribution in [-0.2, 0) is 0 Å². The molecule has 0 aromatic heterocycles. The third-order valence-corrected chi connectivity index (χ3v) is 0.867. The fraction of sp³-hybridized carbons (Fsp3) is 0.333. The molecule has 0 bridgehead atoms. The van der Waals surface area contributed by atoms with Gasteiger partial charge in [-0.3, -0.25) is 6.08 Å². The Morgan fingerprint density at radius 3 is 2.57 bits per heavy atom. The van der Waals surface area contributed by atoms with Crippen LogP contribution in [0.15, 0.2) is 17.7 Å². The van der Waals surface area contributed by atoms with E-state index in [1.807, 2.05) is 0 Å². The zero-order valence-electron chi connectivity index (χ0n) is 4.15. The van der Waals surface area contributed by atoms with Crippen molar-refractivity contribution in [1.29, 1.82) is 0 Å². The van der Waals surface area contributed by atoms with E-state index in [1.165, 1.54) is 5.57 Å². The minimum atomic E-state index is 0. The molecule has 0 saturated heterocycles. The summed E-state index contributed by atoms with van der Waals surface area (Å²) < 4.78 is 0. The van der Waals surface area contributed by atoms with E-state index in [2.05, 4.69) is 25.2 Å². The summed E-state index contributed by atoms with van der Waals surface area (Å²) in [7, 11) is 0. The molecule has 7 heavy (non-hydrogen) atoms. The summed E-state index contributed by atoms with van der Waals surface area (Å²) in [6, 6.07) is 0. The molecule has 44 valence electrons. The molecule has 0 nitrogen and oxygen atoms in total. The molecule has 0 atom stereocenters. The monoisotopic (exact) mass is 245 g/mol. The van der Waals surface area contributed by atoms with E-state index < -0.39 is 0 Å². The maximum Gasteiger partial charge on any atom is 0 e. The smallest absolute Gasteiger partial charge is 0 e. The van der Waals surface area contributed by atoms with E-state index in [4.69, 9.17) is 0 Å². The van der Waals surface area contributed by atoms with E-state index in [-0.39, 0.29) is 37.3 Å². The van der Waals surface area contributed by atoms with E-state index in [0.29, 0.717) is 0 Å². The van der Waals surface area contributed by atoms with Crippen LogP contribution in [0.4, 0.5) is 0 Å². The molecular weight excluding hydrogens is 239 g/mol. The van der Waals surface area contributed by atoms with Crippen molar-refractivity contribution < 1.29 is 37.3 Å². The summed E-state index contributed by atoms with van der Waals surface area (Å²) in [6.07, 6.45) is 8.33. The average molecular weight is 246 g/mol. The van der Waals surface area contributed by atoms with Gasteiger partial charge in [-0.1, -0.05) is 6.92 Å². The SMILES string of the molecule is CC1=[C-]CC=C1.[Er]. The predicted molar refractivity (Wildman–Crippen MR) is 26.2 cm³/mol. The van der Waals surface area contributed by atoms with Crippen LogP contribution in [0.5, 0.6) is 0 Å². The largest absolute Gasteiger partial charge is 0.270 e. The fourth-order valence-electron chi connectivity index (χ4n) is 0.515. The van der Waals surface area contributed by atoms with Gasteiger partial charge >= 0.3 is 0 Å². The Hall–Kier alpha value is 0.727. The van der Waals surface area contributed by atoms with E-state index >= 15 is 0 Å². The molecule has 0 saturated carbocycles. The van der Waals surface area contributed by atoms with Crippen molar-refractivity contribution in [2.75, 3.05) is 0 Å². The summed E-state index contributed by atoms with van der Waals surface area (Å²) in [5.41, 5.74) is 1.27. The first-order chi connectivity index (χ1) is 2.89. The number of rotatable bonds is 0. The van der Waals surface area contributed by atoms with Crippen molar-refractivity contribution >= 4 is 0 Å². The molecule has 0 unspecified atom stereocenters. The van der Waals surface area contributed by atoms with Crippen LogP contribution >= 0.6 is 0 Å². The van der Waals surface area contributed by atoms with Crippen molar-refractivity contribution in [2.45, 2.75) is 13.3 Å². The Bertz CT molecular complexity index is 98.0. The molecule has 0 aromatic rings. The summed E-state index contributed by atoms with van der Waals surface area (Å²) in [5.74, 6) is 0. The van der Waals surface area contributed by atoms with E-state index in [1.54, 1.807) is 0 Å². The van der Waals surface area contributed by atoms with Gasteiger partial charge in [0.15, 0.2) is 0 Å². The van der Waals surface area contributed by atoms with Crippen LogP contribution in [0.25, 0.3) is 0 Å². The number of hydrogen-bond acceptors (Lipinski definition) is 0. The molecular formula is C6H7Er-. The third-order valence-electron chi connectivity index (χ3n) is 0.867. The minimum Gasteiger partial charge on any atom is -0.270 e. The molecule has 1 rings (SSSR count). The Kier molecular flexibility index (Phi) is 4.08. The molecule has 0 N–H and O–H groups in total. The topological polar surface area (TPSA) is 0 Å². The normalized spacial score (nSPS) is 15.9. The third kappa shape index (κ3) is 2.52. The van der Waals surface area contributed by atoms with Crippen LogP contribution < -0.4 is 0 Å². The van der Waals surface area contributed by atoms with Gasteiger partial charge in [-0.05, 0) is 0 Å². The van der Waals surface area contributed by atoms with Crippen molar-refractivity contribution in [1.82, 2.24) is 0 Å². The van der Waals surface area contributed by atoms with Gasteiger partial charge in [0.25, 0.3) is 0 Å². The second-order valence-electron chi connectivity index (χ2n) is 1.47. The van der Waals surface area contributed by atoms with Crippen molar-refractivity contribution in [3.05, 3.63) is 23.8 Å². The quantitative estimate of drug-likeness (QED) is 0.571. The maximum absolute atomic E-state index is 3.12.